The Hall–Kier alpha value is -4.14. The van der Waals surface area contributed by atoms with Crippen LogP contribution >= 0.6 is 0 Å². The van der Waals surface area contributed by atoms with Crippen molar-refractivity contribution < 1.29 is 24.2 Å². The molecule has 1 aliphatic rings. The normalized spacial score (nSPS) is 12.0. The number of carboxylic acid groups (broad SMARTS) is 1. The van der Waals surface area contributed by atoms with Gasteiger partial charge in [-0.3, -0.25) is 19.6 Å². The van der Waals surface area contributed by atoms with Gasteiger partial charge in [-0.1, -0.05) is 48.5 Å². The van der Waals surface area contributed by atoms with Crippen LogP contribution in [0.2, 0.25) is 0 Å². The Balaban J connectivity index is 1.36. The van der Waals surface area contributed by atoms with Crippen molar-refractivity contribution in [3.05, 3.63) is 71.4 Å². The van der Waals surface area contributed by atoms with Gasteiger partial charge in [-0.25, -0.2) is 4.79 Å². The number of carbonyl (C=O) groups excluding carboxylic acids is 2. The first-order valence-electron chi connectivity index (χ1n) is 11.1. The number of amides is 2. The number of carboxylic acids is 1. The fourth-order valence-electron chi connectivity index (χ4n) is 4.18. The quantitative estimate of drug-likeness (QED) is 0.416. The van der Waals surface area contributed by atoms with Crippen LogP contribution in [-0.4, -0.2) is 46.0 Å². The lowest BCUT2D eigenvalue weighted by molar-refractivity contribution is -0.137. The van der Waals surface area contributed by atoms with E-state index in [4.69, 9.17) is 9.84 Å². The summed E-state index contributed by atoms with van der Waals surface area (Å²) in [5, 5.41) is 18.1. The number of anilines is 1. The third-order valence-corrected chi connectivity index (χ3v) is 5.74. The van der Waals surface area contributed by atoms with Gasteiger partial charge < -0.3 is 15.2 Å². The average molecular weight is 463 g/mol. The SMILES string of the molecule is Cn1cc(C(=O)NCCCCC(=O)O)c(NC(=O)OCC2c3ccccc3-c3ccccc32)n1. The number of rotatable bonds is 9. The van der Waals surface area contributed by atoms with Crippen LogP contribution < -0.4 is 10.6 Å². The van der Waals surface area contributed by atoms with Gasteiger partial charge in [0.1, 0.15) is 12.2 Å². The molecule has 0 spiro atoms. The van der Waals surface area contributed by atoms with Crippen LogP contribution in [0.1, 0.15) is 46.7 Å². The molecule has 0 unspecified atom stereocenters. The van der Waals surface area contributed by atoms with Crippen molar-refractivity contribution >= 4 is 23.8 Å². The molecule has 3 N–H and O–H groups in total. The Morgan fingerprint density at radius 2 is 1.68 bits per heavy atom. The Morgan fingerprint density at radius 3 is 2.32 bits per heavy atom. The first kappa shape index (κ1) is 23.0. The van der Waals surface area contributed by atoms with Crippen molar-refractivity contribution in [3.63, 3.8) is 0 Å². The number of hydrogen-bond donors (Lipinski definition) is 3. The van der Waals surface area contributed by atoms with E-state index < -0.39 is 18.0 Å². The topological polar surface area (TPSA) is 123 Å². The van der Waals surface area contributed by atoms with Crippen molar-refractivity contribution in [2.75, 3.05) is 18.5 Å². The van der Waals surface area contributed by atoms with E-state index in [1.54, 1.807) is 7.05 Å². The zero-order valence-electron chi connectivity index (χ0n) is 18.8. The van der Waals surface area contributed by atoms with E-state index in [9.17, 15) is 14.4 Å². The molecule has 1 aromatic heterocycles. The van der Waals surface area contributed by atoms with Crippen molar-refractivity contribution in [2.45, 2.75) is 25.2 Å². The summed E-state index contributed by atoms with van der Waals surface area (Å²) >= 11 is 0. The minimum atomic E-state index is -0.867. The van der Waals surface area contributed by atoms with E-state index >= 15 is 0 Å². The maximum atomic E-state index is 12.6. The highest BCUT2D eigenvalue weighted by atomic mass is 16.5. The van der Waals surface area contributed by atoms with Crippen LogP contribution in [0.5, 0.6) is 0 Å². The van der Waals surface area contributed by atoms with E-state index in [1.807, 2.05) is 36.4 Å². The summed E-state index contributed by atoms with van der Waals surface area (Å²) < 4.78 is 6.97. The Bertz CT molecular complexity index is 1170. The third kappa shape index (κ3) is 5.09. The number of unbranched alkanes of at least 4 members (excludes halogenated alkanes) is 1. The lowest BCUT2D eigenvalue weighted by atomic mass is 9.98. The Morgan fingerprint density at radius 1 is 1.03 bits per heavy atom. The first-order valence-corrected chi connectivity index (χ1v) is 11.1. The van der Waals surface area contributed by atoms with Gasteiger partial charge in [-0.15, -0.1) is 0 Å². The van der Waals surface area contributed by atoms with Crippen LogP contribution in [-0.2, 0) is 16.6 Å². The first-order chi connectivity index (χ1) is 16.4. The molecule has 0 saturated carbocycles. The minimum absolute atomic E-state index is 0.0529. The predicted octanol–water partition coefficient (Wildman–Crippen LogP) is 3.77. The number of hydrogen-bond acceptors (Lipinski definition) is 5. The highest BCUT2D eigenvalue weighted by Gasteiger charge is 2.29. The number of aliphatic carboxylic acids is 1. The molecule has 0 atom stereocenters. The summed E-state index contributed by atoms with van der Waals surface area (Å²) in [4.78, 5) is 35.7. The summed E-state index contributed by atoms with van der Waals surface area (Å²) in [6.07, 6.45) is 1.86. The van der Waals surface area contributed by atoms with Crippen LogP contribution in [0.3, 0.4) is 0 Å². The Labute approximate surface area is 196 Å². The number of benzene rings is 2. The van der Waals surface area contributed by atoms with Crippen molar-refractivity contribution in [2.24, 2.45) is 7.05 Å². The van der Waals surface area contributed by atoms with Gasteiger partial charge in [0.25, 0.3) is 5.91 Å². The number of fused-ring (bicyclic) bond motifs is 3. The largest absolute Gasteiger partial charge is 0.481 e. The summed E-state index contributed by atoms with van der Waals surface area (Å²) in [7, 11) is 1.65. The average Bonchev–Trinajstić information content (AvgIpc) is 3.34. The molecular formula is C25H26N4O5. The van der Waals surface area contributed by atoms with E-state index in [0.717, 1.165) is 22.3 Å². The van der Waals surface area contributed by atoms with Crippen LogP contribution in [0.4, 0.5) is 10.6 Å². The zero-order valence-corrected chi connectivity index (χ0v) is 18.8. The molecule has 176 valence electrons. The second kappa shape index (κ2) is 10.2. The Kier molecular flexibility index (Phi) is 6.91. The molecule has 9 nitrogen and oxygen atoms in total. The number of ether oxygens (including phenoxy) is 1. The third-order valence-electron chi connectivity index (χ3n) is 5.74. The molecule has 0 fully saturated rings. The number of carbonyl (C=O) groups is 3. The monoisotopic (exact) mass is 462 g/mol. The second-order valence-corrected chi connectivity index (χ2v) is 8.12. The fraction of sp³-hybridized carbons (Fsp3) is 0.280. The molecule has 0 radical (unpaired) electrons. The van der Waals surface area contributed by atoms with E-state index in [-0.39, 0.29) is 30.3 Å². The molecule has 3 aromatic rings. The molecular weight excluding hydrogens is 436 g/mol. The van der Waals surface area contributed by atoms with Gasteiger partial charge in [-0.05, 0) is 35.1 Å². The minimum Gasteiger partial charge on any atom is -0.481 e. The highest BCUT2D eigenvalue weighted by Crippen LogP contribution is 2.44. The summed E-state index contributed by atoms with van der Waals surface area (Å²) in [6.45, 7) is 0.475. The zero-order chi connectivity index (χ0) is 24.1. The smallest absolute Gasteiger partial charge is 0.412 e. The van der Waals surface area contributed by atoms with Gasteiger partial charge in [-0.2, -0.15) is 5.10 Å². The highest BCUT2D eigenvalue weighted by molar-refractivity contribution is 6.01. The van der Waals surface area contributed by atoms with Gasteiger partial charge in [0, 0.05) is 32.1 Å². The standard InChI is InChI=1S/C25H26N4O5/c1-29-14-20(24(32)26-13-7-6-12-22(30)31)23(28-29)27-25(33)34-15-21-18-10-4-2-8-16(18)17-9-3-5-11-19(17)21/h2-5,8-11,14,21H,6-7,12-13,15H2,1H3,(H,26,32)(H,30,31)(H,27,28,33). The van der Waals surface area contributed by atoms with Gasteiger partial charge in [0.05, 0.1) is 0 Å². The molecule has 1 aliphatic carbocycles. The molecule has 34 heavy (non-hydrogen) atoms. The number of nitrogens with one attached hydrogen (secondary N) is 2. The summed E-state index contributed by atoms with van der Waals surface area (Å²) in [6, 6.07) is 16.1. The van der Waals surface area contributed by atoms with Crippen LogP contribution in [0.15, 0.2) is 54.7 Å². The van der Waals surface area contributed by atoms with Crippen molar-refractivity contribution in [1.29, 1.82) is 0 Å². The molecule has 0 bridgehead atoms. The lowest BCUT2D eigenvalue weighted by Crippen LogP contribution is -2.26. The lowest BCUT2D eigenvalue weighted by Gasteiger charge is -2.14. The molecule has 0 saturated heterocycles. The number of aromatic nitrogens is 2. The van der Waals surface area contributed by atoms with Gasteiger partial charge >= 0.3 is 12.1 Å². The van der Waals surface area contributed by atoms with Crippen LogP contribution in [0, 0.1) is 0 Å². The van der Waals surface area contributed by atoms with Crippen LogP contribution in [0.25, 0.3) is 11.1 Å². The maximum Gasteiger partial charge on any atom is 0.412 e. The van der Waals surface area contributed by atoms with E-state index in [0.29, 0.717) is 19.4 Å². The van der Waals surface area contributed by atoms with Gasteiger partial charge in [0.15, 0.2) is 5.82 Å². The number of aryl methyl sites for hydroxylation is 1. The van der Waals surface area contributed by atoms with Crippen molar-refractivity contribution in [1.82, 2.24) is 15.1 Å². The van der Waals surface area contributed by atoms with Crippen molar-refractivity contribution in [3.8, 4) is 11.1 Å². The molecule has 2 aromatic carbocycles. The molecule has 2 amide bonds. The molecule has 0 aliphatic heterocycles. The summed E-state index contributed by atoms with van der Waals surface area (Å²) in [5.74, 6) is -1.25. The maximum absolute atomic E-state index is 12.6. The summed E-state index contributed by atoms with van der Waals surface area (Å²) in [5.41, 5.74) is 4.70. The van der Waals surface area contributed by atoms with Gasteiger partial charge in [0.2, 0.25) is 0 Å². The van der Waals surface area contributed by atoms with E-state index in [1.165, 1.54) is 10.9 Å². The predicted molar refractivity (Wildman–Crippen MR) is 126 cm³/mol. The molecule has 9 heteroatoms. The second-order valence-electron chi connectivity index (χ2n) is 8.12. The number of nitrogens with zero attached hydrogens (tertiary/aromatic N) is 2. The fourth-order valence-corrected chi connectivity index (χ4v) is 4.18. The van der Waals surface area contributed by atoms with E-state index in [2.05, 4.69) is 27.9 Å². The molecule has 4 rings (SSSR count). The molecule has 1 heterocycles.